The van der Waals surface area contributed by atoms with Gasteiger partial charge < -0.3 is 4.98 Å². The first-order valence-electron chi connectivity index (χ1n) is 4.01. The highest BCUT2D eigenvalue weighted by Crippen LogP contribution is 2.25. The molecule has 1 N–H and O–H groups in total. The van der Waals surface area contributed by atoms with Gasteiger partial charge in [-0.15, -0.1) is 0 Å². The molecule has 1 aromatic heterocycles. The second-order valence-electron chi connectivity index (χ2n) is 2.99. The van der Waals surface area contributed by atoms with Crippen LogP contribution in [0.4, 0.5) is 0 Å². The summed E-state index contributed by atoms with van der Waals surface area (Å²) in [6.07, 6.45) is 5.63. The van der Waals surface area contributed by atoms with Crippen LogP contribution in [0.1, 0.15) is 0 Å². The van der Waals surface area contributed by atoms with E-state index in [4.69, 9.17) is 0 Å². The standard InChI is InChI=1S/C9H6BrN3/c10-7-5-1-3-12-9(5)13-6-2-4-11-8(6)7/h1-4,8H,(H,12,13). The third-order valence-electron chi connectivity index (χ3n) is 2.22. The van der Waals surface area contributed by atoms with E-state index in [-0.39, 0.29) is 6.04 Å². The minimum Gasteiger partial charge on any atom is -0.346 e. The average Bonchev–Trinajstić information content (AvgIpc) is 2.71. The van der Waals surface area contributed by atoms with E-state index in [2.05, 4.69) is 30.9 Å². The fourth-order valence-electron chi connectivity index (χ4n) is 1.59. The second-order valence-corrected chi connectivity index (χ2v) is 3.85. The lowest BCUT2D eigenvalue weighted by molar-refractivity contribution is 0.936. The average molecular weight is 236 g/mol. The van der Waals surface area contributed by atoms with Crippen LogP contribution >= 0.6 is 15.9 Å². The minimum absolute atomic E-state index is 0.0864. The Labute approximate surface area is 82.7 Å². The topological polar surface area (TPSA) is 40.5 Å². The Morgan fingerprint density at radius 3 is 3.31 bits per heavy atom. The van der Waals surface area contributed by atoms with Crippen LogP contribution in [0.5, 0.6) is 0 Å². The first-order chi connectivity index (χ1) is 6.36. The molecule has 2 aliphatic heterocycles. The number of aromatic amines is 1. The maximum atomic E-state index is 4.45. The number of H-pyrrole nitrogens is 1. The largest absolute Gasteiger partial charge is 0.346 e. The fourth-order valence-corrected chi connectivity index (χ4v) is 2.26. The molecule has 3 rings (SSSR count). The third-order valence-corrected chi connectivity index (χ3v) is 3.08. The highest BCUT2D eigenvalue weighted by molar-refractivity contribution is 9.15. The molecule has 3 heterocycles. The summed E-state index contributed by atoms with van der Waals surface area (Å²) in [6.45, 7) is 0. The van der Waals surface area contributed by atoms with Crippen LogP contribution in [0.15, 0.2) is 34.0 Å². The van der Waals surface area contributed by atoms with E-state index >= 15 is 0 Å². The van der Waals surface area contributed by atoms with Crippen LogP contribution in [-0.4, -0.2) is 17.2 Å². The Morgan fingerprint density at radius 2 is 2.38 bits per heavy atom. The van der Waals surface area contributed by atoms with Crippen LogP contribution in [0.3, 0.4) is 0 Å². The Morgan fingerprint density at radius 1 is 1.46 bits per heavy atom. The number of aliphatic imine (C=N–C) groups is 1. The summed E-state index contributed by atoms with van der Waals surface area (Å²) >= 11 is 3.56. The molecule has 0 aliphatic carbocycles. The molecular formula is C9H6BrN3. The quantitative estimate of drug-likeness (QED) is 0.681. The molecule has 0 saturated heterocycles. The molecule has 1 unspecified atom stereocenters. The van der Waals surface area contributed by atoms with E-state index < -0.39 is 0 Å². The van der Waals surface area contributed by atoms with Crippen molar-refractivity contribution >= 4 is 26.6 Å². The van der Waals surface area contributed by atoms with Gasteiger partial charge in [-0.05, 0) is 12.1 Å². The molecule has 3 nitrogen and oxygen atoms in total. The molecule has 0 saturated carbocycles. The number of nitrogens with one attached hydrogen (secondary N) is 1. The van der Waals surface area contributed by atoms with Gasteiger partial charge >= 0.3 is 0 Å². The first kappa shape index (κ1) is 7.26. The van der Waals surface area contributed by atoms with E-state index in [1.54, 1.807) is 6.21 Å². The van der Waals surface area contributed by atoms with Gasteiger partial charge in [-0.1, -0.05) is 15.9 Å². The van der Waals surface area contributed by atoms with Gasteiger partial charge in [0.1, 0.15) is 11.5 Å². The molecule has 0 spiro atoms. The van der Waals surface area contributed by atoms with Gasteiger partial charge in [-0.3, -0.25) is 4.99 Å². The van der Waals surface area contributed by atoms with Gasteiger partial charge in [0.05, 0.1) is 5.70 Å². The van der Waals surface area contributed by atoms with Crippen molar-refractivity contribution in [3.05, 3.63) is 34.7 Å². The van der Waals surface area contributed by atoms with Crippen LogP contribution < -0.4 is 10.7 Å². The number of rotatable bonds is 0. The Bertz CT molecular complexity index is 535. The van der Waals surface area contributed by atoms with E-state index in [0.717, 1.165) is 20.9 Å². The molecule has 1 atom stereocenters. The van der Waals surface area contributed by atoms with Gasteiger partial charge in [0.2, 0.25) is 0 Å². The SMILES string of the molecule is BrC1=c2cc[nH]c2=NC2=CC=NC21. The number of hydrogen-bond donors (Lipinski definition) is 1. The van der Waals surface area contributed by atoms with E-state index in [9.17, 15) is 0 Å². The van der Waals surface area contributed by atoms with Crippen molar-refractivity contribution in [2.75, 3.05) is 0 Å². The maximum Gasteiger partial charge on any atom is 0.138 e. The lowest BCUT2D eigenvalue weighted by atomic mass is 10.2. The number of hydrogen-bond acceptors (Lipinski definition) is 2. The summed E-state index contributed by atoms with van der Waals surface area (Å²) in [5.74, 6) is 0. The number of nitrogens with zero attached hydrogens (tertiary/aromatic N) is 2. The van der Waals surface area contributed by atoms with Crippen molar-refractivity contribution in [3.8, 4) is 0 Å². The summed E-state index contributed by atoms with van der Waals surface area (Å²) in [6, 6.07) is 2.09. The van der Waals surface area contributed by atoms with E-state index in [1.807, 2.05) is 18.3 Å². The van der Waals surface area contributed by atoms with Gasteiger partial charge in [0.25, 0.3) is 0 Å². The summed E-state index contributed by atoms with van der Waals surface area (Å²) in [7, 11) is 0. The molecule has 0 aromatic carbocycles. The van der Waals surface area contributed by atoms with Crippen LogP contribution in [0, 0.1) is 0 Å². The normalized spacial score (nSPS) is 23.6. The van der Waals surface area contributed by atoms with Crippen LogP contribution in [0.2, 0.25) is 0 Å². The number of fused-ring (bicyclic) bond motifs is 2. The molecule has 2 aliphatic rings. The summed E-state index contributed by atoms with van der Waals surface area (Å²) in [5, 5.41) is 1.11. The Balaban J connectivity index is 2.45. The molecule has 0 fully saturated rings. The fraction of sp³-hybridized carbons (Fsp3) is 0.111. The summed E-state index contributed by atoms with van der Waals surface area (Å²) in [4.78, 5) is 11.8. The predicted octanol–water partition coefficient (Wildman–Crippen LogP) is 0.488. The zero-order valence-electron chi connectivity index (χ0n) is 6.66. The van der Waals surface area contributed by atoms with Crippen molar-refractivity contribution in [3.63, 3.8) is 0 Å². The third kappa shape index (κ3) is 0.891. The zero-order valence-corrected chi connectivity index (χ0v) is 8.25. The maximum absolute atomic E-state index is 4.45. The first-order valence-corrected chi connectivity index (χ1v) is 4.81. The lowest BCUT2D eigenvalue weighted by Crippen LogP contribution is -2.32. The smallest absolute Gasteiger partial charge is 0.138 e. The monoisotopic (exact) mass is 235 g/mol. The summed E-state index contributed by atoms with van der Waals surface area (Å²) < 4.78 is 1.10. The van der Waals surface area contributed by atoms with Gasteiger partial charge in [-0.2, -0.15) is 0 Å². The van der Waals surface area contributed by atoms with Crippen molar-refractivity contribution in [2.45, 2.75) is 6.04 Å². The molecule has 1 aromatic rings. The Kier molecular flexibility index (Phi) is 1.35. The van der Waals surface area contributed by atoms with Crippen LogP contribution in [0.25, 0.3) is 4.48 Å². The molecule has 64 valence electrons. The lowest BCUT2D eigenvalue weighted by Gasteiger charge is -2.10. The second kappa shape index (κ2) is 2.42. The molecule has 0 amide bonds. The van der Waals surface area contributed by atoms with Crippen molar-refractivity contribution in [1.29, 1.82) is 0 Å². The molecule has 4 heteroatoms. The van der Waals surface area contributed by atoms with Crippen molar-refractivity contribution < 1.29 is 0 Å². The number of halogens is 1. The molecular weight excluding hydrogens is 230 g/mol. The molecule has 13 heavy (non-hydrogen) atoms. The zero-order chi connectivity index (χ0) is 8.84. The van der Waals surface area contributed by atoms with Crippen LogP contribution in [-0.2, 0) is 0 Å². The number of aromatic nitrogens is 1. The van der Waals surface area contributed by atoms with Crippen molar-refractivity contribution in [2.24, 2.45) is 9.98 Å². The van der Waals surface area contributed by atoms with Gasteiger partial charge in [0, 0.05) is 22.1 Å². The van der Waals surface area contributed by atoms with Gasteiger partial charge in [-0.25, -0.2) is 4.99 Å². The molecule has 0 radical (unpaired) electrons. The minimum atomic E-state index is 0.0864. The number of allylic oxidation sites excluding steroid dienone is 1. The molecule has 0 bridgehead atoms. The predicted molar refractivity (Wildman–Crippen MR) is 54.3 cm³/mol. The van der Waals surface area contributed by atoms with E-state index in [1.165, 1.54) is 0 Å². The van der Waals surface area contributed by atoms with Gasteiger partial charge in [0.15, 0.2) is 0 Å². The van der Waals surface area contributed by atoms with Crippen molar-refractivity contribution in [1.82, 2.24) is 4.98 Å². The summed E-state index contributed by atoms with van der Waals surface area (Å²) in [5.41, 5.74) is 1.92. The highest BCUT2D eigenvalue weighted by Gasteiger charge is 2.22. The Hall–Kier alpha value is -1.16. The van der Waals surface area contributed by atoms with E-state index in [0.29, 0.717) is 0 Å². The highest BCUT2D eigenvalue weighted by atomic mass is 79.9.